The molecule has 1 heterocycles. The predicted molar refractivity (Wildman–Crippen MR) is 66.1 cm³/mol. The van der Waals surface area contributed by atoms with Gasteiger partial charge in [-0.1, -0.05) is 0 Å². The summed E-state index contributed by atoms with van der Waals surface area (Å²) >= 11 is 0. The lowest BCUT2D eigenvalue weighted by atomic mass is 10.1. The number of anilines is 1. The number of aromatic nitrogens is 2. The Bertz CT molecular complexity index is 594. The van der Waals surface area contributed by atoms with Crippen LogP contribution >= 0.6 is 0 Å². The minimum Gasteiger partial charge on any atom is -0.478 e. The van der Waals surface area contributed by atoms with Gasteiger partial charge in [-0.3, -0.25) is 0 Å². The van der Waals surface area contributed by atoms with Crippen molar-refractivity contribution in [3.8, 4) is 0 Å². The highest BCUT2D eigenvalue weighted by Gasteiger charge is 2.20. The molecule has 1 aromatic heterocycles. The van der Waals surface area contributed by atoms with E-state index in [4.69, 9.17) is 10.8 Å². The van der Waals surface area contributed by atoms with Crippen LogP contribution in [-0.4, -0.2) is 20.6 Å². The van der Waals surface area contributed by atoms with Crippen molar-refractivity contribution in [1.82, 2.24) is 9.55 Å². The molecule has 0 amide bonds. The number of carboxylic acids is 1. The van der Waals surface area contributed by atoms with Crippen LogP contribution in [-0.2, 0) is 5.54 Å². The van der Waals surface area contributed by atoms with Gasteiger partial charge >= 0.3 is 5.97 Å². The van der Waals surface area contributed by atoms with Gasteiger partial charge < -0.3 is 15.4 Å². The molecule has 0 aliphatic rings. The lowest BCUT2D eigenvalue weighted by Crippen LogP contribution is -2.23. The highest BCUT2D eigenvalue weighted by atomic mass is 16.4. The molecule has 0 spiro atoms. The number of hydrogen-bond donors (Lipinski definition) is 2. The first-order valence-electron chi connectivity index (χ1n) is 5.32. The van der Waals surface area contributed by atoms with Crippen molar-refractivity contribution < 1.29 is 9.90 Å². The largest absolute Gasteiger partial charge is 0.478 e. The number of carboxylic acid groups (broad SMARTS) is 1. The second-order valence-electron chi connectivity index (χ2n) is 4.98. The van der Waals surface area contributed by atoms with Crippen molar-refractivity contribution in [2.75, 3.05) is 5.73 Å². The molecule has 0 aliphatic heterocycles. The molecule has 0 fully saturated rings. The Morgan fingerprint density at radius 3 is 2.59 bits per heavy atom. The molecule has 5 heteroatoms. The zero-order chi connectivity index (χ0) is 12.8. The highest BCUT2D eigenvalue weighted by Crippen LogP contribution is 2.27. The first-order valence-corrected chi connectivity index (χ1v) is 5.32. The molecule has 17 heavy (non-hydrogen) atoms. The maximum absolute atomic E-state index is 11.0. The van der Waals surface area contributed by atoms with Gasteiger partial charge in [-0.25, -0.2) is 9.78 Å². The first kappa shape index (κ1) is 11.4. The van der Waals surface area contributed by atoms with Gasteiger partial charge in [0.2, 0.25) is 5.95 Å². The number of carbonyl (C=O) groups is 1. The Kier molecular flexibility index (Phi) is 2.34. The standard InChI is InChI=1S/C12H15N3O2/c1-12(2,3)15-9-6-7(10(16)17)4-5-8(9)14-11(15)13/h4-6H,1-3H3,(H2,13,14)(H,16,17). The Morgan fingerprint density at radius 2 is 2.06 bits per heavy atom. The molecule has 0 aliphatic carbocycles. The molecule has 3 N–H and O–H groups in total. The average molecular weight is 233 g/mol. The lowest BCUT2D eigenvalue weighted by Gasteiger charge is -2.23. The predicted octanol–water partition coefficient (Wildman–Crippen LogP) is 2.07. The first-order chi connectivity index (χ1) is 7.80. The molecule has 0 bridgehead atoms. The van der Waals surface area contributed by atoms with Crippen LogP contribution < -0.4 is 5.73 Å². The molecule has 2 rings (SSSR count). The topological polar surface area (TPSA) is 81.1 Å². The van der Waals surface area contributed by atoms with Crippen molar-refractivity contribution in [3.63, 3.8) is 0 Å². The van der Waals surface area contributed by atoms with Crippen molar-refractivity contribution in [3.05, 3.63) is 23.8 Å². The van der Waals surface area contributed by atoms with Gasteiger partial charge in [-0.15, -0.1) is 0 Å². The SMILES string of the molecule is CC(C)(C)n1c(N)nc2ccc(C(=O)O)cc21. The van der Waals surface area contributed by atoms with Crippen LogP contribution in [0.1, 0.15) is 31.1 Å². The van der Waals surface area contributed by atoms with E-state index >= 15 is 0 Å². The smallest absolute Gasteiger partial charge is 0.335 e. The van der Waals surface area contributed by atoms with Gasteiger partial charge in [0, 0.05) is 5.54 Å². The zero-order valence-electron chi connectivity index (χ0n) is 10.1. The molecule has 0 atom stereocenters. The fourth-order valence-electron chi connectivity index (χ4n) is 1.93. The van der Waals surface area contributed by atoms with Crippen molar-refractivity contribution in [2.45, 2.75) is 26.3 Å². The summed E-state index contributed by atoms with van der Waals surface area (Å²) in [5.41, 5.74) is 7.32. The Morgan fingerprint density at radius 1 is 1.41 bits per heavy atom. The summed E-state index contributed by atoms with van der Waals surface area (Å²) in [6, 6.07) is 4.81. The highest BCUT2D eigenvalue weighted by molar-refractivity contribution is 5.93. The molecule has 0 saturated carbocycles. The third-order valence-electron chi connectivity index (χ3n) is 2.60. The number of nitrogen functional groups attached to an aromatic ring is 1. The maximum atomic E-state index is 11.0. The third-order valence-corrected chi connectivity index (χ3v) is 2.60. The van der Waals surface area contributed by atoms with Crippen LogP contribution in [0.4, 0.5) is 5.95 Å². The van der Waals surface area contributed by atoms with Crippen molar-refractivity contribution >= 4 is 23.0 Å². The summed E-state index contributed by atoms with van der Waals surface area (Å²) in [4.78, 5) is 15.2. The number of imidazole rings is 1. The van der Waals surface area contributed by atoms with Gasteiger partial charge in [-0.05, 0) is 39.0 Å². The van der Waals surface area contributed by atoms with Crippen molar-refractivity contribution in [2.24, 2.45) is 0 Å². The quantitative estimate of drug-likeness (QED) is 0.790. The van der Waals surface area contributed by atoms with Crippen LogP contribution in [0.15, 0.2) is 18.2 Å². The van der Waals surface area contributed by atoms with Crippen LogP contribution in [0.25, 0.3) is 11.0 Å². The zero-order valence-corrected chi connectivity index (χ0v) is 10.1. The fraction of sp³-hybridized carbons (Fsp3) is 0.333. The summed E-state index contributed by atoms with van der Waals surface area (Å²) in [7, 11) is 0. The maximum Gasteiger partial charge on any atom is 0.335 e. The fourth-order valence-corrected chi connectivity index (χ4v) is 1.93. The van der Waals surface area contributed by atoms with Crippen LogP contribution in [0, 0.1) is 0 Å². The molecule has 0 saturated heterocycles. The monoisotopic (exact) mass is 233 g/mol. The van der Waals surface area contributed by atoms with Crippen LogP contribution in [0.3, 0.4) is 0 Å². The Labute approximate surface area is 98.9 Å². The van der Waals surface area contributed by atoms with E-state index in [1.165, 1.54) is 6.07 Å². The summed E-state index contributed by atoms with van der Waals surface area (Å²) in [6.45, 7) is 5.99. The molecule has 90 valence electrons. The normalized spacial score (nSPS) is 11.9. The van der Waals surface area contributed by atoms with Crippen LogP contribution in [0.2, 0.25) is 0 Å². The number of fused-ring (bicyclic) bond motifs is 1. The Hall–Kier alpha value is -2.04. The van der Waals surface area contributed by atoms with E-state index < -0.39 is 5.97 Å². The van der Waals surface area contributed by atoms with Gasteiger partial charge in [0.1, 0.15) is 0 Å². The van der Waals surface area contributed by atoms with Gasteiger partial charge in [0.05, 0.1) is 16.6 Å². The minimum atomic E-state index is -0.952. The number of nitrogens with zero attached hydrogens (tertiary/aromatic N) is 2. The van der Waals surface area contributed by atoms with E-state index in [9.17, 15) is 4.79 Å². The molecule has 0 radical (unpaired) electrons. The minimum absolute atomic E-state index is 0.239. The summed E-state index contributed by atoms with van der Waals surface area (Å²) in [6.07, 6.45) is 0. The summed E-state index contributed by atoms with van der Waals surface area (Å²) < 4.78 is 1.84. The summed E-state index contributed by atoms with van der Waals surface area (Å²) in [5.74, 6) is -0.554. The van der Waals surface area contributed by atoms with E-state index in [1.807, 2.05) is 25.3 Å². The molecule has 5 nitrogen and oxygen atoms in total. The molecule has 1 aromatic carbocycles. The number of nitrogens with two attached hydrogens (primary N) is 1. The van der Waals surface area contributed by atoms with E-state index in [0.29, 0.717) is 11.5 Å². The molecule has 2 aromatic rings. The van der Waals surface area contributed by atoms with Gasteiger partial charge in [0.25, 0.3) is 0 Å². The van der Waals surface area contributed by atoms with E-state index in [0.717, 1.165) is 5.52 Å². The molecular weight excluding hydrogens is 218 g/mol. The van der Waals surface area contributed by atoms with Gasteiger partial charge in [-0.2, -0.15) is 0 Å². The summed E-state index contributed by atoms with van der Waals surface area (Å²) in [5, 5.41) is 8.98. The van der Waals surface area contributed by atoms with Crippen LogP contribution in [0.5, 0.6) is 0 Å². The van der Waals surface area contributed by atoms with Crippen molar-refractivity contribution in [1.29, 1.82) is 0 Å². The number of hydrogen-bond acceptors (Lipinski definition) is 3. The van der Waals surface area contributed by atoms with Gasteiger partial charge in [0.15, 0.2) is 0 Å². The third kappa shape index (κ3) is 1.84. The number of benzene rings is 1. The van der Waals surface area contributed by atoms with E-state index in [-0.39, 0.29) is 11.1 Å². The van der Waals surface area contributed by atoms with E-state index in [1.54, 1.807) is 12.1 Å². The number of rotatable bonds is 1. The lowest BCUT2D eigenvalue weighted by molar-refractivity contribution is 0.0697. The Balaban J connectivity index is 2.78. The second-order valence-corrected chi connectivity index (χ2v) is 4.98. The second kappa shape index (κ2) is 3.48. The number of aromatic carboxylic acids is 1. The molecular formula is C12H15N3O2. The molecule has 0 unspecified atom stereocenters. The van der Waals surface area contributed by atoms with E-state index in [2.05, 4.69) is 4.98 Å². The average Bonchev–Trinajstić information content (AvgIpc) is 2.51.